The number of ether oxygens (including phenoxy) is 3. The Kier molecular flexibility index (Phi) is 6.08. The van der Waals surface area contributed by atoms with Gasteiger partial charge in [0.2, 0.25) is 5.88 Å². The lowest BCUT2D eigenvalue weighted by molar-refractivity contribution is -0.263. The van der Waals surface area contributed by atoms with Crippen molar-refractivity contribution in [3.05, 3.63) is 11.8 Å². The monoisotopic (exact) mass is 405 g/mol. The van der Waals surface area contributed by atoms with Crippen LogP contribution in [0.5, 0.6) is 5.88 Å². The van der Waals surface area contributed by atoms with E-state index in [1.807, 2.05) is 11.0 Å². The summed E-state index contributed by atoms with van der Waals surface area (Å²) in [5.41, 5.74) is 1.16. The van der Waals surface area contributed by atoms with Gasteiger partial charge in [-0.05, 0) is 45.4 Å². The molecule has 0 radical (unpaired) electrons. The maximum atomic E-state index is 11.5. The van der Waals surface area contributed by atoms with Crippen molar-refractivity contribution in [1.82, 2.24) is 14.7 Å². The smallest absolute Gasteiger partial charge is 0.421 e. The van der Waals surface area contributed by atoms with E-state index in [4.69, 9.17) is 14.2 Å². The molecule has 1 aliphatic carbocycles. The third kappa shape index (κ3) is 4.42. The summed E-state index contributed by atoms with van der Waals surface area (Å²) in [6.45, 7) is 4.13. The van der Waals surface area contributed by atoms with E-state index in [-0.39, 0.29) is 0 Å². The van der Waals surface area contributed by atoms with Gasteiger partial charge in [0.25, 0.3) is 0 Å². The molecule has 1 spiro atoms. The number of unbranched alkanes of at least 4 members (excludes halogenated alkanes) is 1. The number of hydrogen-bond acceptors (Lipinski definition) is 7. The van der Waals surface area contributed by atoms with Gasteiger partial charge in [-0.3, -0.25) is 4.68 Å². The topological polar surface area (TPSA) is 82.9 Å². The van der Waals surface area contributed by atoms with Crippen molar-refractivity contribution >= 4 is 11.9 Å². The van der Waals surface area contributed by atoms with Gasteiger partial charge in [0.1, 0.15) is 0 Å². The van der Waals surface area contributed by atoms with Crippen LogP contribution in [-0.4, -0.2) is 52.2 Å². The van der Waals surface area contributed by atoms with Gasteiger partial charge in [0.15, 0.2) is 0 Å². The summed E-state index contributed by atoms with van der Waals surface area (Å²) in [7, 11) is 0. The van der Waals surface area contributed by atoms with Gasteiger partial charge in [-0.15, -0.1) is 5.10 Å². The Balaban J connectivity index is 1.23. The molecule has 0 N–H and O–H groups in total. The second-order valence-electron chi connectivity index (χ2n) is 8.35. The van der Waals surface area contributed by atoms with Gasteiger partial charge in [-0.25, -0.2) is 14.5 Å². The molecule has 0 unspecified atom stereocenters. The molecule has 8 nitrogen and oxygen atoms in total. The molecule has 1 saturated carbocycles. The van der Waals surface area contributed by atoms with Crippen molar-refractivity contribution in [1.29, 1.82) is 0 Å². The number of rotatable bonds is 7. The molecule has 0 atom stereocenters. The zero-order chi connectivity index (χ0) is 20.3. The van der Waals surface area contributed by atoms with Crippen LogP contribution in [0.25, 0.3) is 0 Å². The van der Waals surface area contributed by atoms with E-state index in [9.17, 15) is 9.59 Å². The normalized spacial score (nSPS) is 22.7. The summed E-state index contributed by atoms with van der Waals surface area (Å²) in [5, 5.41) is 4.66. The Labute approximate surface area is 171 Å². The van der Waals surface area contributed by atoms with E-state index >= 15 is 0 Å². The van der Waals surface area contributed by atoms with Gasteiger partial charge < -0.3 is 14.2 Å². The molecule has 2 aliphatic heterocycles. The molecule has 3 aliphatic rings. The van der Waals surface area contributed by atoms with Gasteiger partial charge in [0.05, 0.1) is 12.6 Å². The van der Waals surface area contributed by atoms with E-state index in [0.29, 0.717) is 31.5 Å². The second kappa shape index (κ2) is 8.73. The summed E-state index contributed by atoms with van der Waals surface area (Å²) < 4.78 is 18.6. The van der Waals surface area contributed by atoms with Gasteiger partial charge in [-0.1, -0.05) is 19.3 Å². The first-order valence-electron chi connectivity index (χ1n) is 11.0. The molecule has 29 heavy (non-hydrogen) atoms. The maximum Gasteiger partial charge on any atom is 0.421 e. The molecular formula is C21H31N3O5. The van der Waals surface area contributed by atoms with Crippen LogP contribution in [0.2, 0.25) is 0 Å². The van der Waals surface area contributed by atoms with Crippen LogP contribution in [0, 0.1) is 6.92 Å². The average molecular weight is 405 g/mol. The minimum atomic E-state index is -1.18. The van der Waals surface area contributed by atoms with Crippen molar-refractivity contribution in [2.45, 2.75) is 83.1 Å². The Hall–Kier alpha value is -2.09. The van der Waals surface area contributed by atoms with E-state index in [2.05, 4.69) is 16.7 Å². The summed E-state index contributed by atoms with van der Waals surface area (Å²) in [4.78, 5) is 25.0. The Bertz CT molecular complexity index is 725. The van der Waals surface area contributed by atoms with Crippen molar-refractivity contribution in [2.24, 2.45) is 0 Å². The average Bonchev–Trinajstić information content (AvgIpc) is 3.23. The third-order valence-electron chi connectivity index (χ3n) is 6.22. The predicted octanol–water partition coefficient (Wildman–Crippen LogP) is 3.10. The molecule has 2 saturated heterocycles. The molecule has 160 valence electrons. The Morgan fingerprint density at radius 3 is 2.62 bits per heavy atom. The number of aromatic nitrogens is 2. The van der Waals surface area contributed by atoms with Crippen molar-refractivity contribution in [2.75, 3.05) is 19.7 Å². The zero-order valence-electron chi connectivity index (χ0n) is 17.2. The third-order valence-corrected chi connectivity index (χ3v) is 6.22. The Morgan fingerprint density at radius 1 is 1.10 bits per heavy atom. The van der Waals surface area contributed by atoms with Crippen LogP contribution in [0.4, 0.5) is 0 Å². The minimum absolute atomic E-state index is 0.508. The van der Waals surface area contributed by atoms with E-state index in [0.717, 1.165) is 37.9 Å². The Morgan fingerprint density at radius 2 is 1.86 bits per heavy atom. The molecular weight excluding hydrogens is 374 g/mol. The quantitative estimate of drug-likeness (QED) is 0.392. The molecule has 4 rings (SSSR count). The lowest BCUT2D eigenvalue weighted by Crippen LogP contribution is -2.53. The van der Waals surface area contributed by atoms with E-state index < -0.39 is 17.8 Å². The zero-order valence-corrected chi connectivity index (χ0v) is 17.2. The molecule has 1 aromatic rings. The summed E-state index contributed by atoms with van der Waals surface area (Å²) >= 11 is 0. The SMILES string of the molecule is Cc1cc(OCCCCN2CCCCC23OC(=O)C(=O)O3)nn1C1CCCCC1. The largest absolute Gasteiger partial charge is 0.477 e. The number of likely N-dealkylation sites (tertiary alicyclic amines) is 1. The fraction of sp³-hybridized carbons (Fsp3) is 0.762. The fourth-order valence-corrected chi connectivity index (χ4v) is 4.69. The highest BCUT2D eigenvalue weighted by Gasteiger charge is 2.53. The molecule has 8 heteroatoms. The molecule has 1 aromatic heterocycles. The van der Waals surface area contributed by atoms with Crippen LogP contribution in [-0.2, 0) is 19.1 Å². The summed E-state index contributed by atoms with van der Waals surface area (Å²) in [5.74, 6) is -2.25. The number of carbonyl (C=O) groups is 2. The number of nitrogens with zero attached hydrogens (tertiary/aromatic N) is 3. The highest BCUT2D eigenvalue weighted by atomic mass is 16.8. The second-order valence-corrected chi connectivity index (χ2v) is 8.35. The van der Waals surface area contributed by atoms with Crippen LogP contribution in [0.1, 0.15) is 75.9 Å². The molecule has 3 fully saturated rings. The number of carbonyl (C=O) groups excluding carboxylic acids is 2. The number of piperidine rings is 1. The van der Waals surface area contributed by atoms with Crippen molar-refractivity contribution < 1.29 is 23.8 Å². The van der Waals surface area contributed by atoms with E-state index in [1.165, 1.54) is 32.1 Å². The first kappa shape index (κ1) is 20.2. The fourth-order valence-electron chi connectivity index (χ4n) is 4.69. The van der Waals surface area contributed by atoms with Gasteiger partial charge in [-0.2, -0.15) is 0 Å². The highest BCUT2D eigenvalue weighted by molar-refractivity contribution is 6.31. The van der Waals surface area contributed by atoms with Gasteiger partial charge in [0, 0.05) is 31.3 Å². The lowest BCUT2D eigenvalue weighted by atomic mass is 9.95. The van der Waals surface area contributed by atoms with Gasteiger partial charge >= 0.3 is 17.8 Å². The van der Waals surface area contributed by atoms with Crippen LogP contribution in [0.3, 0.4) is 0 Å². The summed E-state index contributed by atoms with van der Waals surface area (Å²) in [6, 6.07) is 2.53. The highest BCUT2D eigenvalue weighted by Crippen LogP contribution is 2.35. The minimum Gasteiger partial charge on any atom is -0.477 e. The van der Waals surface area contributed by atoms with E-state index in [1.54, 1.807) is 0 Å². The predicted molar refractivity (Wildman–Crippen MR) is 104 cm³/mol. The van der Waals surface area contributed by atoms with Crippen LogP contribution < -0.4 is 4.74 Å². The molecule has 0 bridgehead atoms. The number of hydrogen-bond donors (Lipinski definition) is 0. The first-order chi connectivity index (χ1) is 14.1. The van der Waals surface area contributed by atoms with Crippen molar-refractivity contribution in [3.63, 3.8) is 0 Å². The van der Waals surface area contributed by atoms with Crippen LogP contribution >= 0.6 is 0 Å². The summed E-state index contributed by atoms with van der Waals surface area (Å²) in [6.07, 6.45) is 10.4. The van der Waals surface area contributed by atoms with Crippen molar-refractivity contribution in [3.8, 4) is 5.88 Å². The maximum absolute atomic E-state index is 11.5. The number of esters is 2. The molecule has 0 aromatic carbocycles. The number of aryl methyl sites for hydroxylation is 1. The molecule has 3 heterocycles. The molecule has 0 amide bonds. The lowest BCUT2D eigenvalue weighted by Gasteiger charge is -2.40. The standard InChI is InChI=1S/C21H31N3O5/c1-16-15-18(22-24(16)17-9-3-2-4-10-17)27-14-8-7-13-23-12-6-5-11-21(23)28-19(25)20(26)29-21/h15,17H,2-14H2,1H3. The first-order valence-corrected chi connectivity index (χ1v) is 11.0. The van der Waals surface area contributed by atoms with Crippen LogP contribution in [0.15, 0.2) is 6.07 Å².